The van der Waals surface area contributed by atoms with E-state index in [9.17, 15) is 26.4 Å². The van der Waals surface area contributed by atoms with Crippen molar-refractivity contribution >= 4 is 33.1 Å². The van der Waals surface area contributed by atoms with Crippen molar-refractivity contribution in [3.63, 3.8) is 0 Å². The van der Waals surface area contributed by atoms with E-state index in [0.29, 0.717) is 54.9 Å². The number of anilines is 3. The normalized spacial score (nSPS) is 14.3. The number of urea groups is 1. The van der Waals surface area contributed by atoms with Gasteiger partial charge < -0.3 is 20.3 Å². The zero-order valence-electron chi connectivity index (χ0n) is 19.7. The van der Waals surface area contributed by atoms with Crippen LogP contribution < -0.4 is 15.5 Å². The number of alkyl halides is 3. The first kappa shape index (κ1) is 26.4. The Hall–Kier alpha value is -3.71. The molecule has 0 saturated carbocycles. The number of nitrogens with one attached hydrogen (secondary N) is 2. The van der Waals surface area contributed by atoms with Gasteiger partial charge in [-0.1, -0.05) is 0 Å². The van der Waals surface area contributed by atoms with Crippen LogP contribution in [-0.4, -0.2) is 57.0 Å². The standard InChI is InChI=1S/C24H24F3N5O4S/c1-37(34,35)15-20-14-21(32-10-12-36-13-11-32)31-22(28-20)16-2-6-18(7-3-16)29-23(33)30-19-8-4-17(5-9-19)24(25,26)27/h2-9,14H,10-13,15H2,1H3,(H2,29,30,33). The van der Waals surface area contributed by atoms with E-state index in [4.69, 9.17) is 4.74 Å². The summed E-state index contributed by atoms with van der Waals surface area (Å²) >= 11 is 0. The van der Waals surface area contributed by atoms with Gasteiger partial charge >= 0.3 is 12.2 Å². The lowest BCUT2D eigenvalue weighted by atomic mass is 10.2. The molecule has 0 radical (unpaired) electrons. The van der Waals surface area contributed by atoms with Gasteiger partial charge in [-0.2, -0.15) is 13.2 Å². The molecule has 0 atom stereocenters. The number of ether oxygens (including phenoxy) is 1. The molecule has 3 aromatic rings. The summed E-state index contributed by atoms with van der Waals surface area (Å²) < 4.78 is 67.2. The molecule has 37 heavy (non-hydrogen) atoms. The summed E-state index contributed by atoms with van der Waals surface area (Å²) in [5.74, 6) is 0.706. The fourth-order valence-corrected chi connectivity index (χ4v) is 4.33. The van der Waals surface area contributed by atoms with E-state index in [-0.39, 0.29) is 11.4 Å². The van der Waals surface area contributed by atoms with E-state index in [1.165, 1.54) is 12.1 Å². The number of benzene rings is 2. The molecule has 1 aliphatic rings. The van der Waals surface area contributed by atoms with Crippen LogP contribution >= 0.6 is 0 Å². The van der Waals surface area contributed by atoms with Crippen molar-refractivity contribution in [2.75, 3.05) is 48.1 Å². The second-order valence-electron chi connectivity index (χ2n) is 8.44. The molecule has 0 spiro atoms. The van der Waals surface area contributed by atoms with Crippen molar-refractivity contribution in [2.24, 2.45) is 0 Å². The van der Waals surface area contributed by atoms with Crippen LogP contribution in [0.3, 0.4) is 0 Å². The van der Waals surface area contributed by atoms with Gasteiger partial charge in [0, 0.05) is 42.3 Å². The maximum atomic E-state index is 12.7. The van der Waals surface area contributed by atoms with Crippen molar-refractivity contribution in [3.8, 4) is 11.4 Å². The van der Waals surface area contributed by atoms with Crippen LogP contribution in [0.25, 0.3) is 11.4 Å². The summed E-state index contributed by atoms with van der Waals surface area (Å²) in [5, 5.41) is 5.08. The number of rotatable bonds is 6. The topological polar surface area (TPSA) is 114 Å². The summed E-state index contributed by atoms with van der Waals surface area (Å²) in [4.78, 5) is 23.3. The maximum absolute atomic E-state index is 12.7. The molecule has 0 unspecified atom stereocenters. The Bertz CT molecular complexity index is 1360. The summed E-state index contributed by atoms with van der Waals surface area (Å²) in [6, 6.07) is 11.7. The largest absolute Gasteiger partial charge is 0.416 e. The van der Waals surface area contributed by atoms with Crippen LogP contribution in [0.5, 0.6) is 0 Å². The third kappa shape index (κ3) is 7.40. The van der Waals surface area contributed by atoms with Crippen molar-refractivity contribution in [2.45, 2.75) is 11.9 Å². The van der Waals surface area contributed by atoms with Gasteiger partial charge in [0.05, 0.1) is 30.2 Å². The van der Waals surface area contributed by atoms with Crippen LogP contribution in [0.15, 0.2) is 54.6 Å². The Balaban J connectivity index is 1.48. The maximum Gasteiger partial charge on any atom is 0.416 e. The summed E-state index contributed by atoms with van der Waals surface area (Å²) in [6.07, 6.45) is -3.32. The summed E-state index contributed by atoms with van der Waals surface area (Å²) in [5.41, 5.74) is 0.794. The Labute approximate surface area is 211 Å². The molecule has 0 aliphatic carbocycles. The number of carbonyl (C=O) groups is 1. The fourth-order valence-electron chi connectivity index (χ4n) is 3.65. The minimum absolute atomic E-state index is 0.203. The van der Waals surface area contributed by atoms with Gasteiger partial charge in [-0.25, -0.2) is 23.2 Å². The molecule has 9 nitrogen and oxygen atoms in total. The number of amides is 2. The summed E-state index contributed by atoms with van der Waals surface area (Å²) in [6.45, 7) is 2.31. The van der Waals surface area contributed by atoms with Crippen LogP contribution in [0.4, 0.5) is 35.2 Å². The molecule has 2 heterocycles. The van der Waals surface area contributed by atoms with Gasteiger partial charge in [0.25, 0.3) is 0 Å². The molecule has 1 saturated heterocycles. The van der Waals surface area contributed by atoms with E-state index in [0.717, 1.165) is 18.4 Å². The SMILES string of the molecule is CS(=O)(=O)Cc1cc(N2CCOCC2)nc(-c2ccc(NC(=O)Nc3ccc(C(F)(F)F)cc3)cc2)n1. The lowest BCUT2D eigenvalue weighted by molar-refractivity contribution is -0.137. The molecule has 4 rings (SSSR count). The van der Waals surface area contributed by atoms with Crippen LogP contribution in [-0.2, 0) is 26.5 Å². The molecule has 1 aliphatic heterocycles. The highest BCUT2D eigenvalue weighted by atomic mass is 32.2. The average Bonchev–Trinajstić information content (AvgIpc) is 2.83. The number of aromatic nitrogens is 2. The molecule has 13 heteroatoms. The van der Waals surface area contributed by atoms with Gasteiger partial charge in [0.1, 0.15) is 5.82 Å². The first-order chi connectivity index (χ1) is 17.5. The summed E-state index contributed by atoms with van der Waals surface area (Å²) in [7, 11) is -3.32. The minimum atomic E-state index is -4.46. The third-order valence-electron chi connectivity index (χ3n) is 5.38. The zero-order chi connectivity index (χ0) is 26.6. The molecular formula is C24H24F3N5O4S. The molecule has 196 valence electrons. The van der Waals surface area contributed by atoms with Crippen molar-refractivity contribution in [1.82, 2.24) is 9.97 Å². The van der Waals surface area contributed by atoms with Crippen LogP contribution in [0.1, 0.15) is 11.3 Å². The van der Waals surface area contributed by atoms with E-state index in [1.54, 1.807) is 30.3 Å². The number of hydrogen-bond donors (Lipinski definition) is 2. The van der Waals surface area contributed by atoms with E-state index in [1.807, 2.05) is 4.90 Å². The molecular weight excluding hydrogens is 511 g/mol. The molecule has 1 aromatic heterocycles. The molecule has 2 aromatic carbocycles. The molecule has 2 amide bonds. The van der Waals surface area contributed by atoms with E-state index in [2.05, 4.69) is 20.6 Å². The van der Waals surface area contributed by atoms with E-state index >= 15 is 0 Å². The number of nitrogens with zero attached hydrogens (tertiary/aromatic N) is 3. The highest BCUT2D eigenvalue weighted by molar-refractivity contribution is 7.89. The lowest BCUT2D eigenvalue weighted by Crippen LogP contribution is -2.37. The average molecular weight is 536 g/mol. The van der Waals surface area contributed by atoms with Gasteiger partial charge in [0.15, 0.2) is 15.7 Å². The number of hydrogen-bond acceptors (Lipinski definition) is 7. The lowest BCUT2D eigenvalue weighted by Gasteiger charge is -2.28. The second-order valence-corrected chi connectivity index (χ2v) is 10.6. The first-order valence-electron chi connectivity index (χ1n) is 11.2. The quantitative estimate of drug-likeness (QED) is 0.487. The number of carbonyl (C=O) groups excluding carboxylic acids is 1. The molecule has 0 bridgehead atoms. The predicted octanol–water partition coefficient (Wildman–Crippen LogP) is 4.19. The number of halogens is 3. The smallest absolute Gasteiger partial charge is 0.378 e. The highest BCUT2D eigenvalue weighted by Crippen LogP contribution is 2.30. The van der Waals surface area contributed by atoms with Crippen molar-refractivity contribution < 1.29 is 31.1 Å². The second kappa shape index (κ2) is 10.7. The Morgan fingerprint density at radius 2 is 1.54 bits per heavy atom. The highest BCUT2D eigenvalue weighted by Gasteiger charge is 2.30. The van der Waals surface area contributed by atoms with Gasteiger partial charge in [-0.15, -0.1) is 0 Å². The third-order valence-corrected chi connectivity index (χ3v) is 6.20. The van der Waals surface area contributed by atoms with Gasteiger partial charge in [-0.3, -0.25) is 0 Å². The Morgan fingerprint density at radius 3 is 2.08 bits per heavy atom. The zero-order valence-corrected chi connectivity index (χ0v) is 20.6. The Kier molecular flexibility index (Phi) is 7.64. The van der Waals surface area contributed by atoms with Crippen LogP contribution in [0.2, 0.25) is 0 Å². The fraction of sp³-hybridized carbons (Fsp3) is 0.292. The first-order valence-corrected chi connectivity index (χ1v) is 13.3. The monoisotopic (exact) mass is 535 g/mol. The molecule has 2 N–H and O–H groups in total. The Morgan fingerprint density at radius 1 is 0.973 bits per heavy atom. The van der Waals surface area contributed by atoms with Crippen molar-refractivity contribution in [1.29, 1.82) is 0 Å². The number of sulfone groups is 1. The molecule has 1 fully saturated rings. The minimum Gasteiger partial charge on any atom is -0.378 e. The van der Waals surface area contributed by atoms with Crippen LogP contribution in [0, 0.1) is 0 Å². The predicted molar refractivity (Wildman–Crippen MR) is 133 cm³/mol. The van der Waals surface area contributed by atoms with E-state index < -0.39 is 27.6 Å². The van der Waals surface area contributed by atoms with Gasteiger partial charge in [-0.05, 0) is 48.5 Å². The number of morpholine rings is 1. The van der Waals surface area contributed by atoms with Gasteiger partial charge in [0.2, 0.25) is 0 Å². The van der Waals surface area contributed by atoms with Crippen molar-refractivity contribution in [3.05, 3.63) is 65.9 Å².